The summed E-state index contributed by atoms with van der Waals surface area (Å²) in [5.74, 6) is 1.10. The van der Waals surface area contributed by atoms with Gasteiger partial charge in [0.25, 0.3) is 0 Å². The number of halogens is 1. The Morgan fingerprint density at radius 1 is 1.41 bits per heavy atom. The van der Waals surface area contributed by atoms with Crippen LogP contribution >= 0.6 is 22.9 Å². The minimum atomic E-state index is 0.501. The predicted molar refractivity (Wildman–Crippen MR) is 70.0 cm³/mol. The fraction of sp³-hybridized carbons (Fsp3) is 0.455. The van der Waals surface area contributed by atoms with E-state index in [1.54, 1.807) is 11.3 Å². The highest BCUT2D eigenvalue weighted by molar-refractivity contribution is 7.09. The summed E-state index contributed by atoms with van der Waals surface area (Å²) in [5.41, 5.74) is 0. The maximum Gasteiger partial charge on any atom is 0.317 e. The lowest BCUT2D eigenvalue weighted by atomic mass is 10.3. The molecule has 0 aliphatic carbocycles. The Kier molecular flexibility index (Phi) is 4.39. The first kappa shape index (κ1) is 12.4. The number of hydrogen-bond donors (Lipinski definition) is 0. The molecule has 92 valence electrons. The molecule has 0 fully saturated rings. The highest BCUT2D eigenvalue weighted by atomic mass is 35.5. The summed E-state index contributed by atoms with van der Waals surface area (Å²) in [5, 5.41) is 10.0. The van der Waals surface area contributed by atoms with E-state index in [0.29, 0.717) is 24.2 Å². The molecule has 0 aromatic carbocycles. The van der Waals surface area contributed by atoms with Crippen LogP contribution in [0.4, 0.5) is 6.01 Å². The third kappa shape index (κ3) is 3.44. The lowest BCUT2D eigenvalue weighted by Crippen LogP contribution is -2.20. The number of aromatic nitrogens is 2. The molecule has 0 spiro atoms. The van der Waals surface area contributed by atoms with Crippen molar-refractivity contribution in [3.05, 3.63) is 28.3 Å². The van der Waals surface area contributed by atoms with E-state index in [4.69, 9.17) is 16.0 Å². The van der Waals surface area contributed by atoms with Gasteiger partial charge in [0.2, 0.25) is 5.89 Å². The van der Waals surface area contributed by atoms with Gasteiger partial charge in [-0.25, -0.2) is 0 Å². The molecule has 0 N–H and O–H groups in total. The van der Waals surface area contributed by atoms with E-state index in [9.17, 15) is 0 Å². The minimum Gasteiger partial charge on any atom is -0.408 e. The monoisotopic (exact) mass is 271 g/mol. The Morgan fingerprint density at radius 2 is 2.29 bits per heavy atom. The molecule has 4 nitrogen and oxygen atoms in total. The van der Waals surface area contributed by atoms with Gasteiger partial charge < -0.3 is 9.32 Å². The molecule has 0 saturated heterocycles. The topological polar surface area (TPSA) is 42.2 Å². The average molecular weight is 272 g/mol. The summed E-state index contributed by atoms with van der Waals surface area (Å²) >= 11 is 7.38. The van der Waals surface area contributed by atoms with Crippen LogP contribution in [0.2, 0.25) is 0 Å². The van der Waals surface area contributed by atoms with Crippen molar-refractivity contribution in [2.24, 2.45) is 0 Å². The number of anilines is 1. The molecule has 17 heavy (non-hydrogen) atoms. The summed E-state index contributed by atoms with van der Waals surface area (Å²) < 4.78 is 5.48. The molecule has 0 radical (unpaired) electrons. The van der Waals surface area contributed by atoms with Crippen LogP contribution in [0, 0.1) is 0 Å². The van der Waals surface area contributed by atoms with E-state index < -0.39 is 0 Å². The standard InChI is InChI=1S/C11H14ClN3OS/c1-15(7-5-9-3-2-8-17-9)11-14-13-10(16-11)4-6-12/h2-3,8H,4-7H2,1H3. The smallest absolute Gasteiger partial charge is 0.317 e. The van der Waals surface area contributed by atoms with Gasteiger partial charge in [-0.2, -0.15) is 0 Å². The molecule has 0 bridgehead atoms. The molecule has 2 aromatic rings. The predicted octanol–water partition coefficient (Wildman–Crippen LogP) is 2.59. The maximum atomic E-state index is 5.61. The van der Waals surface area contributed by atoms with E-state index in [2.05, 4.69) is 27.7 Å². The number of thiophene rings is 1. The molecule has 6 heteroatoms. The Bertz CT molecular complexity index is 443. The van der Waals surface area contributed by atoms with Crippen molar-refractivity contribution in [3.63, 3.8) is 0 Å². The Hall–Kier alpha value is -1.07. The fourth-order valence-corrected chi connectivity index (χ4v) is 2.27. The van der Waals surface area contributed by atoms with Crippen molar-refractivity contribution < 1.29 is 4.42 Å². The van der Waals surface area contributed by atoms with Gasteiger partial charge in [-0.05, 0) is 17.9 Å². The summed E-state index contributed by atoms with van der Waals surface area (Å²) in [7, 11) is 1.95. The third-order valence-corrected chi connectivity index (χ3v) is 3.49. The molecule has 2 heterocycles. The first-order valence-electron chi connectivity index (χ1n) is 5.41. The van der Waals surface area contributed by atoms with E-state index in [0.717, 1.165) is 13.0 Å². The summed E-state index contributed by atoms with van der Waals surface area (Å²) in [6, 6.07) is 4.75. The normalized spacial score (nSPS) is 10.7. The third-order valence-electron chi connectivity index (χ3n) is 2.36. The van der Waals surface area contributed by atoms with E-state index in [-0.39, 0.29) is 0 Å². The number of likely N-dealkylation sites (N-methyl/N-ethyl adjacent to an activating group) is 1. The lowest BCUT2D eigenvalue weighted by molar-refractivity contribution is 0.496. The molecule has 0 aliphatic heterocycles. The van der Waals surface area contributed by atoms with Crippen LogP contribution in [0.5, 0.6) is 0 Å². The van der Waals surface area contributed by atoms with Crippen LogP contribution in [0.1, 0.15) is 10.8 Å². The molecule has 2 aromatic heterocycles. The fourth-order valence-electron chi connectivity index (χ4n) is 1.41. The van der Waals surface area contributed by atoms with Crippen molar-refractivity contribution in [1.82, 2.24) is 10.2 Å². The highest BCUT2D eigenvalue weighted by Crippen LogP contribution is 2.14. The Balaban J connectivity index is 1.88. The highest BCUT2D eigenvalue weighted by Gasteiger charge is 2.10. The van der Waals surface area contributed by atoms with Crippen LogP contribution < -0.4 is 4.90 Å². The molecule has 0 unspecified atom stereocenters. The number of aryl methyl sites for hydroxylation is 1. The number of nitrogens with zero attached hydrogens (tertiary/aromatic N) is 3. The Labute approximate surface area is 109 Å². The zero-order valence-electron chi connectivity index (χ0n) is 9.60. The minimum absolute atomic E-state index is 0.501. The second kappa shape index (κ2) is 6.02. The van der Waals surface area contributed by atoms with Crippen molar-refractivity contribution >= 4 is 29.0 Å². The van der Waals surface area contributed by atoms with Crippen molar-refractivity contribution in [1.29, 1.82) is 0 Å². The van der Waals surface area contributed by atoms with Crippen LogP contribution in [-0.2, 0) is 12.8 Å². The van der Waals surface area contributed by atoms with Crippen molar-refractivity contribution in [2.75, 3.05) is 24.4 Å². The van der Waals surface area contributed by atoms with Gasteiger partial charge >= 0.3 is 6.01 Å². The zero-order valence-corrected chi connectivity index (χ0v) is 11.2. The van der Waals surface area contributed by atoms with E-state index in [1.165, 1.54) is 4.88 Å². The van der Waals surface area contributed by atoms with Gasteiger partial charge in [0, 0.05) is 30.8 Å². The summed E-state index contributed by atoms with van der Waals surface area (Å²) in [6.07, 6.45) is 1.61. The first-order chi connectivity index (χ1) is 8.29. The van der Waals surface area contributed by atoms with E-state index in [1.807, 2.05) is 11.9 Å². The van der Waals surface area contributed by atoms with Gasteiger partial charge in [-0.3, -0.25) is 0 Å². The van der Waals surface area contributed by atoms with E-state index >= 15 is 0 Å². The molecule has 0 amide bonds. The summed E-state index contributed by atoms with van der Waals surface area (Å²) in [6.45, 7) is 0.864. The number of hydrogen-bond acceptors (Lipinski definition) is 5. The molecule has 0 saturated carbocycles. The zero-order chi connectivity index (χ0) is 12.1. The number of alkyl halides is 1. The summed E-state index contributed by atoms with van der Waals surface area (Å²) in [4.78, 5) is 3.32. The van der Waals surface area contributed by atoms with Crippen molar-refractivity contribution in [2.45, 2.75) is 12.8 Å². The quantitative estimate of drug-likeness (QED) is 0.758. The van der Waals surface area contributed by atoms with Crippen LogP contribution in [-0.4, -0.2) is 29.7 Å². The second-order valence-corrected chi connectivity index (χ2v) is 5.08. The van der Waals surface area contributed by atoms with Gasteiger partial charge in [0.1, 0.15) is 0 Å². The maximum absolute atomic E-state index is 5.61. The first-order valence-corrected chi connectivity index (χ1v) is 6.83. The molecular weight excluding hydrogens is 258 g/mol. The lowest BCUT2D eigenvalue weighted by Gasteiger charge is -2.12. The SMILES string of the molecule is CN(CCc1cccs1)c1nnc(CCCl)o1. The molecular formula is C11H14ClN3OS. The van der Waals surface area contributed by atoms with Gasteiger partial charge in [0.15, 0.2) is 0 Å². The van der Waals surface area contributed by atoms with Crippen LogP contribution in [0.3, 0.4) is 0 Å². The Morgan fingerprint density at radius 3 is 3.00 bits per heavy atom. The van der Waals surface area contributed by atoms with Gasteiger partial charge in [-0.1, -0.05) is 11.2 Å². The second-order valence-electron chi connectivity index (χ2n) is 3.67. The van der Waals surface area contributed by atoms with Gasteiger partial charge in [-0.15, -0.1) is 28.0 Å². The molecule has 0 aliphatic rings. The molecule has 2 rings (SSSR count). The number of rotatable bonds is 6. The largest absolute Gasteiger partial charge is 0.408 e. The molecule has 0 atom stereocenters. The van der Waals surface area contributed by atoms with Gasteiger partial charge in [0.05, 0.1) is 0 Å². The van der Waals surface area contributed by atoms with Crippen LogP contribution in [0.25, 0.3) is 0 Å². The van der Waals surface area contributed by atoms with Crippen LogP contribution in [0.15, 0.2) is 21.9 Å². The van der Waals surface area contributed by atoms with Crippen molar-refractivity contribution in [3.8, 4) is 0 Å². The average Bonchev–Trinajstić information content (AvgIpc) is 2.97.